The maximum atomic E-state index is 3.82. The minimum atomic E-state index is 0.273. The lowest BCUT2D eigenvalue weighted by atomic mass is 10.0. The van der Waals surface area contributed by atoms with Crippen molar-refractivity contribution < 1.29 is 0 Å². The predicted molar refractivity (Wildman–Crippen MR) is 90.5 cm³/mol. The first-order valence-electron chi connectivity index (χ1n) is 6.11. The summed E-state index contributed by atoms with van der Waals surface area (Å²) in [6.45, 7) is 4.34. The molecule has 0 radical (unpaired) electrons. The average Bonchev–Trinajstić information content (AvgIpc) is 2.41. The van der Waals surface area contributed by atoms with Gasteiger partial charge in [-0.05, 0) is 58.2 Å². The van der Waals surface area contributed by atoms with Gasteiger partial charge in [0.2, 0.25) is 0 Å². The van der Waals surface area contributed by atoms with Crippen LogP contribution in [0.5, 0.6) is 0 Å². The number of hydrogen-bond acceptors (Lipinski definition) is 0. The Labute approximate surface area is 131 Å². The van der Waals surface area contributed by atoms with Gasteiger partial charge in [-0.25, -0.2) is 0 Å². The number of alkyl halides is 1. The van der Waals surface area contributed by atoms with Gasteiger partial charge in [-0.15, -0.1) is 0 Å². The Balaban J connectivity index is 2.35. The third-order valence-electron chi connectivity index (χ3n) is 3.18. The van der Waals surface area contributed by atoms with Crippen LogP contribution in [0.25, 0.3) is 0 Å². The molecule has 0 amide bonds. The van der Waals surface area contributed by atoms with E-state index in [0.29, 0.717) is 0 Å². The molecule has 0 nitrogen and oxygen atoms in total. The summed E-state index contributed by atoms with van der Waals surface area (Å²) in [6, 6.07) is 15.3. The van der Waals surface area contributed by atoms with Gasteiger partial charge in [-0.3, -0.25) is 0 Å². The van der Waals surface area contributed by atoms with Crippen molar-refractivity contribution in [3.8, 4) is 0 Å². The zero-order valence-corrected chi connectivity index (χ0v) is 14.3. The lowest BCUT2D eigenvalue weighted by Gasteiger charge is -2.14. The third kappa shape index (κ3) is 2.97. The van der Waals surface area contributed by atoms with Crippen molar-refractivity contribution in [3.63, 3.8) is 0 Å². The monoisotopic (exact) mass is 414 g/mol. The van der Waals surface area contributed by atoms with Crippen LogP contribution >= 0.6 is 38.5 Å². The Morgan fingerprint density at radius 3 is 2.39 bits per heavy atom. The normalized spacial score (nSPS) is 12.4. The summed E-state index contributed by atoms with van der Waals surface area (Å²) in [6.07, 6.45) is 1.09. The highest BCUT2D eigenvalue weighted by molar-refractivity contribution is 14.1. The van der Waals surface area contributed by atoms with E-state index in [2.05, 4.69) is 94.8 Å². The number of benzene rings is 2. The molecule has 94 valence electrons. The quantitative estimate of drug-likeness (QED) is 0.449. The van der Waals surface area contributed by atoms with E-state index in [4.69, 9.17) is 0 Å². The molecule has 0 heterocycles. The van der Waals surface area contributed by atoms with E-state index >= 15 is 0 Å². The van der Waals surface area contributed by atoms with Gasteiger partial charge in [0.1, 0.15) is 0 Å². The van der Waals surface area contributed by atoms with E-state index in [-0.39, 0.29) is 4.83 Å². The number of halogens is 2. The number of aryl methyl sites for hydroxylation is 2. The molecule has 0 spiro atoms. The first kappa shape index (κ1) is 14.1. The lowest BCUT2D eigenvalue weighted by molar-refractivity contribution is 1.11. The highest BCUT2D eigenvalue weighted by Gasteiger charge is 2.14. The largest absolute Gasteiger partial charge is 0.0786 e. The van der Waals surface area contributed by atoms with Crippen LogP contribution in [-0.4, -0.2) is 0 Å². The summed E-state index contributed by atoms with van der Waals surface area (Å²) in [5.74, 6) is 0. The zero-order valence-electron chi connectivity index (χ0n) is 10.6. The fourth-order valence-corrected chi connectivity index (χ4v) is 3.75. The second-order valence-electron chi connectivity index (χ2n) is 4.44. The van der Waals surface area contributed by atoms with E-state index in [9.17, 15) is 0 Å². The molecule has 0 aliphatic rings. The Bertz CT molecular complexity index is 531. The van der Waals surface area contributed by atoms with Crippen LogP contribution < -0.4 is 0 Å². The maximum Gasteiger partial charge on any atom is 0.0655 e. The molecule has 0 aliphatic heterocycles. The summed E-state index contributed by atoms with van der Waals surface area (Å²) < 4.78 is 1.34. The van der Waals surface area contributed by atoms with E-state index < -0.39 is 0 Å². The van der Waals surface area contributed by atoms with Gasteiger partial charge in [0.05, 0.1) is 4.83 Å². The second kappa shape index (κ2) is 6.20. The molecule has 0 saturated carbocycles. The Morgan fingerprint density at radius 2 is 1.78 bits per heavy atom. The molecule has 1 atom stereocenters. The van der Waals surface area contributed by atoms with Gasteiger partial charge in [-0.1, -0.05) is 65.3 Å². The van der Waals surface area contributed by atoms with E-state index in [1.807, 2.05) is 0 Å². The molecule has 0 aromatic heterocycles. The minimum absolute atomic E-state index is 0.273. The van der Waals surface area contributed by atoms with Gasteiger partial charge in [0.25, 0.3) is 0 Å². The van der Waals surface area contributed by atoms with Crippen LogP contribution in [-0.2, 0) is 6.42 Å². The average molecular weight is 415 g/mol. The SMILES string of the molecule is CCc1ccc(C(Br)c2cccc(C)c2I)cc1. The smallest absolute Gasteiger partial charge is 0.0655 e. The minimum Gasteiger partial charge on any atom is -0.0786 e. The Kier molecular flexibility index (Phi) is 4.84. The first-order chi connectivity index (χ1) is 8.63. The maximum absolute atomic E-state index is 3.82. The molecule has 0 fully saturated rings. The summed E-state index contributed by atoms with van der Waals surface area (Å²) in [7, 11) is 0. The Morgan fingerprint density at radius 1 is 1.11 bits per heavy atom. The van der Waals surface area contributed by atoms with E-state index in [0.717, 1.165) is 6.42 Å². The van der Waals surface area contributed by atoms with Gasteiger partial charge in [0, 0.05) is 3.57 Å². The van der Waals surface area contributed by atoms with Crippen LogP contribution in [0.1, 0.15) is 34.0 Å². The summed E-state index contributed by atoms with van der Waals surface area (Å²) in [5.41, 5.74) is 5.38. The molecule has 0 saturated heterocycles. The fourth-order valence-electron chi connectivity index (χ4n) is 1.97. The summed E-state index contributed by atoms with van der Waals surface area (Å²) in [5, 5.41) is 0. The second-order valence-corrected chi connectivity index (χ2v) is 6.43. The fraction of sp³-hybridized carbons (Fsp3) is 0.250. The van der Waals surface area contributed by atoms with Gasteiger partial charge >= 0.3 is 0 Å². The molecule has 0 N–H and O–H groups in total. The van der Waals surface area contributed by atoms with Crippen LogP contribution in [0.2, 0.25) is 0 Å². The highest BCUT2D eigenvalue weighted by Crippen LogP contribution is 2.34. The summed E-state index contributed by atoms with van der Waals surface area (Å²) >= 11 is 6.25. The zero-order chi connectivity index (χ0) is 13.1. The van der Waals surface area contributed by atoms with Crippen LogP contribution in [0.3, 0.4) is 0 Å². The third-order valence-corrected chi connectivity index (χ3v) is 5.67. The molecule has 18 heavy (non-hydrogen) atoms. The summed E-state index contributed by atoms with van der Waals surface area (Å²) in [4.78, 5) is 0.273. The van der Waals surface area contributed by atoms with E-state index in [1.165, 1.54) is 25.8 Å². The predicted octanol–water partition coefficient (Wildman–Crippen LogP) is 5.65. The van der Waals surface area contributed by atoms with Gasteiger partial charge in [-0.2, -0.15) is 0 Å². The topological polar surface area (TPSA) is 0 Å². The van der Waals surface area contributed by atoms with Gasteiger partial charge in [0.15, 0.2) is 0 Å². The lowest BCUT2D eigenvalue weighted by Crippen LogP contribution is -1.97. The molecule has 2 aromatic carbocycles. The van der Waals surface area contributed by atoms with Gasteiger partial charge < -0.3 is 0 Å². The molecule has 2 heteroatoms. The van der Waals surface area contributed by atoms with Crippen molar-refractivity contribution >= 4 is 38.5 Å². The van der Waals surface area contributed by atoms with Crippen molar-refractivity contribution in [3.05, 3.63) is 68.3 Å². The molecule has 0 bridgehead atoms. The molecular formula is C16H16BrI. The van der Waals surface area contributed by atoms with Crippen molar-refractivity contribution in [2.45, 2.75) is 25.1 Å². The van der Waals surface area contributed by atoms with Crippen molar-refractivity contribution in [1.82, 2.24) is 0 Å². The van der Waals surface area contributed by atoms with Crippen LogP contribution in [0.15, 0.2) is 42.5 Å². The molecule has 2 aromatic rings. The van der Waals surface area contributed by atoms with E-state index in [1.54, 1.807) is 0 Å². The van der Waals surface area contributed by atoms with Crippen LogP contribution in [0.4, 0.5) is 0 Å². The van der Waals surface area contributed by atoms with Crippen molar-refractivity contribution in [2.24, 2.45) is 0 Å². The molecule has 2 rings (SSSR count). The number of rotatable bonds is 3. The molecular weight excluding hydrogens is 399 g/mol. The van der Waals surface area contributed by atoms with Crippen molar-refractivity contribution in [2.75, 3.05) is 0 Å². The number of hydrogen-bond donors (Lipinski definition) is 0. The van der Waals surface area contributed by atoms with Crippen molar-refractivity contribution in [1.29, 1.82) is 0 Å². The highest BCUT2D eigenvalue weighted by atomic mass is 127. The molecule has 0 aliphatic carbocycles. The van der Waals surface area contributed by atoms with Crippen LogP contribution in [0, 0.1) is 10.5 Å². The first-order valence-corrected chi connectivity index (χ1v) is 8.11. The molecule has 1 unspecified atom stereocenters. The standard InChI is InChI=1S/C16H16BrI/c1-3-12-7-9-13(10-8-12)15(17)14-6-4-5-11(2)16(14)18/h4-10,15H,3H2,1-2H3. The Hall–Kier alpha value is -0.350.